The zero-order valence-electron chi connectivity index (χ0n) is 11.1. The molecular weight excluding hydrogens is 252 g/mol. The van der Waals surface area contributed by atoms with Gasteiger partial charge in [0.05, 0.1) is 23.7 Å². The van der Waals surface area contributed by atoms with E-state index in [9.17, 15) is 13.2 Å². The fourth-order valence-electron chi connectivity index (χ4n) is 2.98. The van der Waals surface area contributed by atoms with E-state index in [0.29, 0.717) is 6.42 Å². The zero-order chi connectivity index (χ0) is 13.3. The van der Waals surface area contributed by atoms with Crippen LogP contribution in [0, 0.1) is 0 Å². The Balaban J connectivity index is 2.17. The summed E-state index contributed by atoms with van der Waals surface area (Å²) >= 11 is 0. The fraction of sp³-hybridized carbons (Fsp3) is 0.917. The van der Waals surface area contributed by atoms with Crippen LogP contribution in [0.1, 0.15) is 39.5 Å². The highest BCUT2D eigenvalue weighted by atomic mass is 32.2. The quantitative estimate of drug-likeness (QED) is 0.814. The Morgan fingerprint density at radius 3 is 2.61 bits per heavy atom. The highest BCUT2D eigenvalue weighted by Gasteiger charge is 2.42. The van der Waals surface area contributed by atoms with Gasteiger partial charge >= 0.3 is 0 Å². The molecule has 2 heterocycles. The van der Waals surface area contributed by atoms with E-state index in [1.165, 1.54) is 0 Å². The Bertz CT molecular complexity index is 421. The van der Waals surface area contributed by atoms with Crippen molar-refractivity contribution in [1.82, 2.24) is 10.2 Å². The zero-order valence-corrected chi connectivity index (χ0v) is 11.9. The van der Waals surface area contributed by atoms with Crippen LogP contribution >= 0.6 is 0 Å². The van der Waals surface area contributed by atoms with E-state index < -0.39 is 9.84 Å². The molecule has 6 heteroatoms. The summed E-state index contributed by atoms with van der Waals surface area (Å²) in [7, 11) is -2.97. The van der Waals surface area contributed by atoms with Gasteiger partial charge in [0.15, 0.2) is 9.84 Å². The number of sulfone groups is 1. The van der Waals surface area contributed by atoms with Gasteiger partial charge in [0.2, 0.25) is 5.91 Å². The van der Waals surface area contributed by atoms with Crippen LogP contribution in [0.25, 0.3) is 0 Å². The Labute approximate surface area is 109 Å². The molecule has 0 aromatic carbocycles. The predicted octanol–water partition coefficient (Wildman–Crippen LogP) is 0.510. The second-order valence-electron chi connectivity index (χ2n) is 5.21. The van der Waals surface area contributed by atoms with Crippen LogP contribution < -0.4 is 5.32 Å². The van der Waals surface area contributed by atoms with Crippen molar-refractivity contribution in [3.8, 4) is 0 Å². The fourth-order valence-corrected chi connectivity index (χ4v) is 4.66. The van der Waals surface area contributed by atoms with Crippen molar-refractivity contribution in [2.75, 3.05) is 11.5 Å². The summed E-state index contributed by atoms with van der Waals surface area (Å²) in [6.07, 6.45) is 3.05. The first-order valence-electron chi connectivity index (χ1n) is 6.77. The molecule has 2 fully saturated rings. The van der Waals surface area contributed by atoms with Gasteiger partial charge in [0.1, 0.15) is 0 Å². The average molecular weight is 274 g/mol. The first kappa shape index (κ1) is 13.8. The maximum Gasteiger partial charge on any atom is 0.241 e. The normalized spacial score (nSPS) is 36.0. The largest absolute Gasteiger partial charge is 0.322 e. The molecule has 0 aromatic heterocycles. The number of amides is 1. The van der Waals surface area contributed by atoms with Gasteiger partial charge in [-0.3, -0.25) is 10.1 Å². The summed E-state index contributed by atoms with van der Waals surface area (Å²) in [4.78, 5) is 14.1. The highest BCUT2D eigenvalue weighted by Crippen LogP contribution is 2.25. The molecule has 0 spiro atoms. The van der Waals surface area contributed by atoms with Crippen molar-refractivity contribution in [3.05, 3.63) is 0 Å². The van der Waals surface area contributed by atoms with E-state index in [1.54, 1.807) is 4.90 Å². The Morgan fingerprint density at radius 2 is 2.06 bits per heavy atom. The van der Waals surface area contributed by atoms with Gasteiger partial charge in [-0.1, -0.05) is 13.8 Å². The second kappa shape index (κ2) is 5.17. The standard InChI is InChI=1S/C12H22N2O3S/c1-3-10-12(15)14(11(4-2)13-10)9-6-5-7-18(16,17)8-9/h9-11,13H,3-8H2,1-2H3. The van der Waals surface area contributed by atoms with Crippen molar-refractivity contribution >= 4 is 15.7 Å². The summed E-state index contributed by atoms with van der Waals surface area (Å²) in [5, 5.41) is 3.30. The molecule has 0 bridgehead atoms. The van der Waals surface area contributed by atoms with Gasteiger partial charge in [-0.05, 0) is 25.7 Å². The molecule has 2 aliphatic heterocycles. The van der Waals surface area contributed by atoms with Crippen LogP contribution in [0.4, 0.5) is 0 Å². The molecular formula is C12H22N2O3S. The van der Waals surface area contributed by atoms with Crippen LogP contribution in [0.2, 0.25) is 0 Å². The van der Waals surface area contributed by atoms with Crippen molar-refractivity contribution in [3.63, 3.8) is 0 Å². The molecule has 2 aliphatic rings. The lowest BCUT2D eigenvalue weighted by atomic mass is 10.1. The van der Waals surface area contributed by atoms with Crippen LogP contribution in [-0.2, 0) is 14.6 Å². The molecule has 3 atom stereocenters. The lowest BCUT2D eigenvalue weighted by molar-refractivity contribution is -0.132. The molecule has 3 unspecified atom stereocenters. The van der Waals surface area contributed by atoms with Crippen molar-refractivity contribution in [2.24, 2.45) is 0 Å². The smallest absolute Gasteiger partial charge is 0.241 e. The molecule has 1 N–H and O–H groups in total. The summed E-state index contributed by atoms with van der Waals surface area (Å²) in [5.74, 6) is 0.479. The van der Waals surface area contributed by atoms with Gasteiger partial charge in [0.25, 0.3) is 0 Å². The number of hydrogen-bond donors (Lipinski definition) is 1. The Kier molecular flexibility index (Phi) is 3.96. The van der Waals surface area contributed by atoms with E-state index in [1.807, 2.05) is 13.8 Å². The van der Waals surface area contributed by atoms with Crippen molar-refractivity contribution in [1.29, 1.82) is 0 Å². The first-order chi connectivity index (χ1) is 8.48. The molecule has 0 aromatic rings. The summed E-state index contributed by atoms with van der Waals surface area (Å²) < 4.78 is 23.4. The van der Waals surface area contributed by atoms with E-state index in [0.717, 1.165) is 19.3 Å². The minimum atomic E-state index is -2.97. The molecule has 0 aliphatic carbocycles. The summed E-state index contributed by atoms with van der Waals surface area (Å²) in [6, 6.07) is -0.273. The molecule has 5 nitrogen and oxygen atoms in total. The third kappa shape index (κ3) is 2.54. The molecule has 104 valence electrons. The molecule has 0 saturated carbocycles. The minimum absolute atomic E-state index is 0.000694. The summed E-state index contributed by atoms with van der Waals surface area (Å²) in [5.41, 5.74) is 0. The number of rotatable bonds is 3. The number of hydrogen-bond acceptors (Lipinski definition) is 4. The maximum atomic E-state index is 12.3. The third-order valence-electron chi connectivity index (χ3n) is 3.91. The third-order valence-corrected chi connectivity index (χ3v) is 5.71. The maximum absolute atomic E-state index is 12.3. The highest BCUT2D eigenvalue weighted by molar-refractivity contribution is 7.91. The SMILES string of the molecule is CCC1NC(CC)N(C2CCCS(=O)(=O)C2)C1=O. The number of nitrogens with zero attached hydrogens (tertiary/aromatic N) is 1. The molecule has 0 radical (unpaired) electrons. The van der Waals surface area contributed by atoms with Gasteiger partial charge in [-0.15, -0.1) is 0 Å². The van der Waals surface area contributed by atoms with Crippen LogP contribution in [0.15, 0.2) is 0 Å². The summed E-state index contributed by atoms with van der Waals surface area (Å²) in [6.45, 7) is 4.00. The molecule has 2 saturated heterocycles. The molecule has 18 heavy (non-hydrogen) atoms. The van der Waals surface area contributed by atoms with E-state index in [2.05, 4.69) is 5.32 Å². The molecule has 2 rings (SSSR count). The van der Waals surface area contributed by atoms with Gasteiger partial charge in [-0.25, -0.2) is 8.42 Å². The van der Waals surface area contributed by atoms with E-state index in [4.69, 9.17) is 0 Å². The minimum Gasteiger partial charge on any atom is -0.322 e. The Morgan fingerprint density at radius 1 is 1.33 bits per heavy atom. The lowest BCUT2D eigenvalue weighted by Crippen LogP contribution is -2.49. The van der Waals surface area contributed by atoms with Gasteiger partial charge in [0, 0.05) is 6.04 Å². The second-order valence-corrected chi connectivity index (χ2v) is 7.44. The van der Waals surface area contributed by atoms with Crippen LogP contribution in [-0.4, -0.2) is 49.0 Å². The van der Waals surface area contributed by atoms with Crippen LogP contribution in [0.5, 0.6) is 0 Å². The average Bonchev–Trinajstić information content (AvgIpc) is 2.64. The predicted molar refractivity (Wildman–Crippen MR) is 69.8 cm³/mol. The van der Waals surface area contributed by atoms with Gasteiger partial charge < -0.3 is 4.90 Å². The van der Waals surface area contributed by atoms with Crippen molar-refractivity contribution < 1.29 is 13.2 Å². The monoisotopic (exact) mass is 274 g/mol. The number of nitrogens with one attached hydrogen (secondary N) is 1. The lowest BCUT2D eigenvalue weighted by Gasteiger charge is -2.34. The first-order valence-corrected chi connectivity index (χ1v) is 8.59. The number of carbonyl (C=O) groups excluding carboxylic acids is 1. The van der Waals surface area contributed by atoms with Crippen LogP contribution in [0.3, 0.4) is 0 Å². The van der Waals surface area contributed by atoms with E-state index in [-0.39, 0.29) is 35.7 Å². The van der Waals surface area contributed by atoms with Gasteiger partial charge in [-0.2, -0.15) is 0 Å². The van der Waals surface area contributed by atoms with Crippen molar-refractivity contribution in [2.45, 2.75) is 57.8 Å². The topological polar surface area (TPSA) is 66.5 Å². The molecule has 1 amide bonds. The van der Waals surface area contributed by atoms with E-state index >= 15 is 0 Å². The Hall–Kier alpha value is -0.620. The number of carbonyl (C=O) groups is 1.